The Hall–Kier alpha value is -3.22. The fraction of sp³-hybridized carbons (Fsp3) is 0.0870. The monoisotopic (exact) mass is 437 g/mol. The largest absolute Gasteiger partial charge is 0.346 e. The molecule has 0 heterocycles. The van der Waals surface area contributed by atoms with Crippen LogP contribution < -0.4 is 16.0 Å². The number of anilines is 1. The van der Waals surface area contributed by atoms with Gasteiger partial charge in [0, 0.05) is 21.8 Å². The second kappa shape index (κ2) is 10.0. The average Bonchev–Trinajstić information content (AvgIpc) is 2.74. The van der Waals surface area contributed by atoms with Gasteiger partial charge in [0.05, 0.1) is 6.04 Å². The second-order valence-electron chi connectivity index (χ2n) is 6.60. The predicted molar refractivity (Wildman–Crippen MR) is 124 cm³/mol. The fourth-order valence-electron chi connectivity index (χ4n) is 2.78. The van der Waals surface area contributed by atoms with Gasteiger partial charge in [0.15, 0.2) is 5.11 Å². The molecular weight excluding hydrogens is 418 g/mol. The minimum absolute atomic E-state index is 0.130. The molecule has 3 aromatic carbocycles. The summed E-state index contributed by atoms with van der Waals surface area (Å²) in [7, 11) is 0. The second-order valence-corrected chi connectivity index (χ2v) is 7.45. The number of hydrogen-bond donors (Lipinski definition) is 3. The molecule has 152 valence electrons. The van der Waals surface area contributed by atoms with E-state index in [1.807, 2.05) is 37.3 Å². The van der Waals surface area contributed by atoms with Crippen LogP contribution in [0.5, 0.6) is 0 Å². The standard InChI is InChI=1S/C23H20ClN3O2S/c1-15(16-6-3-2-4-7-16)25-22(29)18-8-5-9-20(14-18)26-23(30)27-21(28)17-10-12-19(24)13-11-17/h2-15H,1H3,(H,25,29)(H2,26,27,28,30). The number of hydrogen-bond acceptors (Lipinski definition) is 3. The lowest BCUT2D eigenvalue weighted by molar-refractivity contribution is 0.0938. The van der Waals surface area contributed by atoms with Crippen LogP contribution in [0, 0.1) is 0 Å². The van der Waals surface area contributed by atoms with Crippen LogP contribution in [0.15, 0.2) is 78.9 Å². The molecule has 0 aliphatic rings. The highest BCUT2D eigenvalue weighted by Crippen LogP contribution is 2.15. The minimum Gasteiger partial charge on any atom is -0.346 e. The first kappa shape index (κ1) is 21.5. The Morgan fingerprint density at radius 3 is 2.27 bits per heavy atom. The van der Waals surface area contributed by atoms with Crippen LogP contribution in [0.1, 0.15) is 39.2 Å². The summed E-state index contributed by atoms with van der Waals surface area (Å²) in [5.74, 6) is -0.555. The van der Waals surface area contributed by atoms with Crippen LogP contribution in [0.4, 0.5) is 5.69 Å². The Balaban J connectivity index is 1.60. The van der Waals surface area contributed by atoms with Crippen LogP contribution in [0.25, 0.3) is 0 Å². The molecule has 0 radical (unpaired) electrons. The maximum Gasteiger partial charge on any atom is 0.257 e. The van der Waals surface area contributed by atoms with Crippen molar-refractivity contribution in [3.63, 3.8) is 0 Å². The number of rotatable bonds is 5. The smallest absolute Gasteiger partial charge is 0.257 e. The van der Waals surface area contributed by atoms with E-state index >= 15 is 0 Å². The number of carbonyl (C=O) groups is 2. The van der Waals surface area contributed by atoms with Gasteiger partial charge in [0.1, 0.15) is 0 Å². The third-order valence-corrected chi connectivity index (χ3v) is 4.82. The summed E-state index contributed by atoms with van der Waals surface area (Å²) < 4.78 is 0. The third kappa shape index (κ3) is 5.89. The maximum atomic E-state index is 12.6. The van der Waals surface area contributed by atoms with E-state index in [0.29, 0.717) is 21.8 Å². The van der Waals surface area contributed by atoms with Crippen LogP contribution in [-0.4, -0.2) is 16.9 Å². The molecule has 2 amide bonds. The Bertz CT molecular complexity index is 1060. The number of carbonyl (C=O) groups excluding carboxylic acids is 2. The molecule has 1 unspecified atom stereocenters. The van der Waals surface area contributed by atoms with Gasteiger partial charge in [-0.15, -0.1) is 0 Å². The van der Waals surface area contributed by atoms with Crippen molar-refractivity contribution in [2.45, 2.75) is 13.0 Å². The van der Waals surface area contributed by atoms with Crippen molar-refractivity contribution in [3.05, 3.63) is 101 Å². The summed E-state index contributed by atoms with van der Waals surface area (Å²) in [6.07, 6.45) is 0. The number of benzene rings is 3. The zero-order valence-corrected chi connectivity index (χ0v) is 17.8. The van der Waals surface area contributed by atoms with E-state index in [1.165, 1.54) is 0 Å². The van der Waals surface area contributed by atoms with Crippen molar-refractivity contribution in [1.29, 1.82) is 0 Å². The minimum atomic E-state index is -0.352. The van der Waals surface area contributed by atoms with Gasteiger partial charge in [-0.25, -0.2) is 0 Å². The van der Waals surface area contributed by atoms with Crippen molar-refractivity contribution in [3.8, 4) is 0 Å². The van der Waals surface area contributed by atoms with E-state index < -0.39 is 0 Å². The van der Waals surface area contributed by atoms with E-state index in [4.69, 9.17) is 23.8 Å². The Morgan fingerprint density at radius 1 is 0.867 bits per heavy atom. The van der Waals surface area contributed by atoms with E-state index in [1.54, 1.807) is 48.5 Å². The Labute approximate surface area is 185 Å². The number of halogens is 1. The van der Waals surface area contributed by atoms with E-state index in [0.717, 1.165) is 5.56 Å². The molecule has 3 rings (SSSR count). The molecule has 0 aromatic heterocycles. The van der Waals surface area contributed by atoms with Crippen LogP contribution >= 0.6 is 23.8 Å². The average molecular weight is 438 g/mol. The van der Waals surface area contributed by atoms with Crippen LogP contribution in [-0.2, 0) is 0 Å². The Morgan fingerprint density at radius 2 is 1.57 bits per heavy atom. The normalized spacial score (nSPS) is 11.3. The zero-order valence-electron chi connectivity index (χ0n) is 16.2. The lowest BCUT2D eigenvalue weighted by atomic mass is 10.1. The highest BCUT2D eigenvalue weighted by Gasteiger charge is 2.13. The highest BCUT2D eigenvalue weighted by molar-refractivity contribution is 7.80. The Kier molecular flexibility index (Phi) is 7.17. The van der Waals surface area contributed by atoms with Gasteiger partial charge < -0.3 is 10.6 Å². The molecule has 30 heavy (non-hydrogen) atoms. The lowest BCUT2D eigenvalue weighted by Gasteiger charge is -2.15. The number of amides is 2. The number of thiocarbonyl (C=S) groups is 1. The molecule has 7 heteroatoms. The first-order valence-electron chi connectivity index (χ1n) is 9.26. The van der Waals surface area contributed by atoms with Crippen LogP contribution in [0.2, 0.25) is 5.02 Å². The summed E-state index contributed by atoms with van der Waals surface area (Å²) in [6, 6.07) is 23.0. The first-order valence-corrected chi connectivity index (χ1v) is 10.0. The predicted octanol–water partition coefficient (Wildman–Crippen LogP) is 4.96. The van der Waals surface area contributed by atoms with Gasteiger partial charge in [0.25, 0.3) is 11.8 Å². The lowest BCUT2D eigenvalue weighted by Crippen LogP contribution is -2.34. The molecule has 0 aliphatic heterocycles. The van der Waals surface area contributed by atoms with E-state index in [9.17, 15) is 9.59 Å². The molecule has 5 nitrogen and oxygen atoms in total. The van der Waals surface area contributed by atoms with E-state index in [2.05, 4.69) is 16.0 Å². The molecule has 3 aromatic rings. The number of nitrogens with one attached hydrogen (secondary N) is 3. The molecule has 0 saturated heterocycles. The van der Waals surface area contributed by atoms with Crippen LogP contribution in [0.3, 0.4) is 0 Å². The molecule has 0 aliphatic carbocycles. The van der Waals surface area contributed by atoms with Gasteiger partial charge >= 0.3 is 0 Å². The van der Waals surface area contributed by atoms with Crippen molar-refractivity contribution in [2.24, 2.45) is 0 Å². The molecule has 0 bridgehead atoms. The topological polar surface area (TPSA) is 70.2 Å². The van der Waals surface area contributed by atoms with Gasteiger partial charge in [0.2, 0.25) is 0 Å². The maximum absolute atomic E-state index is 12.6. The molecule has 1 atom stereocenters. The summed E-state index contributed by atoms with van der Waals surface area (Å²) in [4.78, 5) is 24.8. The van der Waals surface area contributed by atoms with Crippen molar-refractivity contribution in [2.75, 3.05) is 5.32 Å². The highest BCUT2D eigenvalue weighted by atomic mass is 35.5. The van der Waals surface area contributed by atoms with Gasteiger partial charge in [-0.1, -0.05) is 48.0 Å². The first-order chi connectivity index (χ1) is 14.4. The van der Waals surface area contributed by atoms with Crippen molar-refractivity contribution >= 4 is 46.4 Å². The SMILES string of the molecule is CC(NC(=O)c1cccc(NC(=S)NC(=O)c2ccc(Cl)cc2)c1)c1ccccc1. The fourth-order valence-corrected chi connectivity index (χ4v) is 3.12. The zero-order chi connectivity index (χ0) is 21.5. The summed E-state index contributed by atoms with van der Waals surface area (Å²) in [5, 5.41) is 9.18. The molecule has 0 saturated carbocycles. The molecule has 0 fully saturated rings. The third-order valence-electron chi connectivity index (χ3n) is 4.36. The molecular formula is C23H20ClN3O2S. The summed E-state index contributed by atoms with van der Waals surface area (Å²) >= 11 is 11.0. The van der Waals surface area contributed by atoms with Gasteiger partial charge in [-0.05, 0) is 67.2 Å². The quantitative estimate of drug-likeness (QED) is 0.493. The van der Waals surface area contributed by atoms with E-state index in [-0.39, 0.29) is 23.0 Å². The van der Waals surface area contributed by atoms with Crippen molar-refractivity contribution in [1.82, 2.24) is 10.6 Å². The van der Waals surface area contributed by atoms with Gasteiger partial charge in [-0.2, -0.15) is 0 Å². The summed E-state index contributed by atoms with van der Waals surface area (Å²) in [6.45, 7) is 1.93. The molecule has 0 spiro atoms. The van der Waals surface area contributed by atoms with Crippen molar-refractivity contribution < 1.29 is 9.59 Å². The molecule has 3 N–H and O–H groups in total. The summed E-state index contributed by atoms with van der Waals surface area (Å²) in [5.41, 5.74) is 2.53. The van der Waals surface area contributed by atoms with Gasteiger partial charge in [-0.3, -0.25) is 14.9 Å².